The van der Waals surface area contributed by atoms with Crippen LogP contribution in [0.4, 0.5) is 5.69 Å². The molecule has 6 nitrogen and oxygen atoms in total. The molecule has 0 unspecified atom stereocenters. The molecule has 3 aromatic rings. The third kappa shape index (κ3) is 4.87. The third-order valence-corrected chi connectivity index (χ3v) is 5.54. The first-order valence-corrected chi connectivity index (χ1v) is 10.6. The molecular weight excluding hydrogens is 475 g/mol. The van der Waals surface area contributed by atoms with Gasteiger partial charge in [0.05, 0.1) is 21.5 Å². The van der Waals surface area contributed by atoms with Gasteiger partial charge < -0.3 is 9.73 Å². The lowest BCUT2D eigenvalue weighted by molar-refractivity contribution is -0.113. The summed E-state index contributed by atoms with van der Waals surface area (Å²) in [5.74, 6) is 1.15. The molecule has 2 aromatic heterocycles. The van der Waals surface area contributed by atoms with Crippen molar-refractivity contribution in [2.75, 3.05) is 11.1 Å². The summed E-state index contributed by atoms with van der Waals surface area (Å²) < 4.78 is 8.13. The van der Waals surface area contributed by atoms with Crippen LogP contribution in [-0.2, 0) is 11.3 Å². The summed E-state index contributed by atoms with van der Waals surface area (Å²) >= 11 is 16.7. The molecule has 0 radical (unpaired) electrons. The van der Waals surface area contributed by atoms with Crippen LogP contribution in [0.15, 0.2) is 44.6 Å². The first-order valence-electron chi connectivity index (χ1n) is 8.05. The van der Waals surface area contributed by atoms with E-state index in [1.165, 1.54) is 11.8 Å². The van der Waals surface area contributed by atoms with Gasteiger partial charge in [0.15, 0.2) is 15.6 Å². The average molecular weight is 490 g/mol. The minimum absolute atomic E-state index is 0.144. The Morgan fingerprint density at radius 3 is 2.63 bits per heavy atom. The molecule has 0 aliphatic carbocycles. The highest BCUT2D eigenvalue weighted by molar-refractivity contribution is 9.10. The molecule has 142 valence electrons. The number of thioether (sulfide) groups is 1. The topological polar surface area (TPSA) is 73.0 Å². The molecule has 0 aliphatic rings. The molecule has 0 fully saturated rings. The first-order chi connectivity index (χ1) is 13.0. The monoisotopic (exact) mass is 488 g/mol. The number of rotatable bonds is 7. The minimum atomic E-state index is -0.233. The van der Waals surface area contributed by atoms with Gasteiger partial charge in [-0.3, -0.25) is 9.36 Å². The van der Waals surface area contributed by atoms with Crippen molar-refractivity contribution >= 4 is 62.5 Å². The van der Waals surface area contributed by atoms with Gasteiger partial charge in [-0.2, -0.15) is 0 Å². The van der Waals surface area contributed by atoms with E-state index in [0.717, 1.165) is 6.42 Å². The van der Waals surface area contributed by atoms with Crippen LogP contribution in [0.1, 0.15) is 13.3 Å². The molecular formula is C17H15BrCl2N4O2S. The standard InChI is InChI=1S/C17H15BrCl2N4O2S/c1-2-8-24-16(12-6-7-13(18)26-12)22-23-17(24)27-9-14(25)21-15-10(19)4-3-5-11(15)20/h3-7H,2,8-9H2,1H3,(H,21,25). The van der Waals surface area contributed by atoms with E-state index in [9.17, 15) is 4.79 Å². The highest BCUT2D eigenvalue weighted by Crippen LogP contribution is 2.31. The SMILES string of the molecule is CCCn1c(SCC(=O)Nc2c(Cl)cccc2Cl)nnc1-c1ccc(Br)o1. The van der Waals surface area contributed by atoms with E-state index in [-0.39, 0.29) is 11.7 Å². The molecule has 0 atom stereocenters. The summed E-state index contributed by atoms with van der Waals surface area (Å²) in [6, 6.07) is 8.68. The highest BCUT2D eigenvalue weighted by atomic mass is 79.9. The van der Waals surface area contributed by atoms with Crippen molar-refractivity contribution in [2.45, 2.75) is 25.0 Å². The van der Waals surface area contributed by atoms with Crippen LogP contribution >= 0.6 is 50.9 Å². The second kappa shape index (κ2) is 9.14. The number of carbonyl (C=O) groups is 1. The van der Waals surface area contributed by atoms with Crippen molar-refractivity contribution in [3.05, 3.63) is 45.0 Å². The summed E-state index contributed by atoms with van der Waals surface area (Å²) in [6.45, 7) is 2.77. The van der Waals surface area contributed by atoms with Gasteiger partial charge in [0.25, 0.3) is 0 Å². The van der Waals surface area contributed by atoms with E-state index in [2.05, 4.69) is 38.4 Å². The van der Waals surface area contributed by atoms with Crippen molar-refractivity contribution in [3.8, 4) is 11.6 Å². The summed E-state index contributed by atoms with van der Waals surface area (Å²) in [4.78, 5) is 12.3. The van der Waals surface area contributed by atoms with Gasteiger partial charge in [-0.05, 0) is 46.6 Å². The molecule has 0 saturated heterocycles. The highest BCUT2D eigenvalue weighted by Gasteiger charge is 2.18. The second-order valence-electron chi connectivity index (χ2n) is 5.50. The number of amides is 1. The van der Waals surface area contributed by atoms with Crippen LogP contribution in [0.5, 0.6) is 0 Å². The molecule has 27 heavy (non-hydrogen) atoms. The maximum atomic E-state index is 12.3. The Hall–Kier alpha value is -1.48. The molecule has 10 heteroatoms. The van der Waals surface area contributed by atoms with Gasteiger partial charge >= 0.3 is 0 Å². The van der Waals surface area contributed by atoms with E-state index < -0.39 is 0 Å². The predicted octanol–water partition coefficient (Wildman–Crippen LogP) is 5.75. The van der Waals surface area contributed by atoms with Crippen LogP contribution in [0.25, 0.3) is 11.6 Å². The maximum absolute atomic E-state index is 12.3. The second-order valence-corrected chi connectivity index (χ2v) is 8.03. The predicted molar refractivity (Wildman–Crippen MR) is 112 cm³/mol. The molecule has 3 rings (SSSR count). The maximum Gasteiger partial charge on any atom is 0.234 e. The number of anilines is 1. The zero-order valence-corrected chi connectivity index (χ0v) is 18.1. The number of nitrogens with one attached hydrogen (secondary N) is 1. The minimum Gasteiger partial charge on any atom is -0.446 e. The van der Waals surface area contributed by atoms with E-state index in [0.29, 0.717) is 43.7 Å². The third-order valence-electron chi connectivity index (χ3n) is 3.52. The Kier molecular flexibility index (Phi) is 6.86. The van der Waals surface area contributed by atoms with Crippen LogP contribution in [0.2, 0.25) is 10.0 Å². The van der Waals surface area contributed by atoms with Gasteiger partial charge in [0.1, 0.15) is 0 Å². The Morgan fingerprint density at radius 2 is 2.00 bits per heavy atom. The Morgan fingerprint density at radius 1 is 1.26 bits per heavy atom. The van der Waals surface area contributed by atoms with Crippen molar-refractivity contribution < 1.29 is 9.21 Å². The number of hydrogen-bond acceptors (Lipinski definition) is 5. The lowest BCUT2D eigenvalue weighted by atomic mass is 10.3. The van der Waals surface area contributed by atoms with E-state index in [4.69, 9.17) is 27.6 Å². The zero-order chi connectivity index (χ0) is 19.4. The number of nitrogens with zero attached hydrogens (tertiary/aromatic N) is 3. The van der Waals surface area contributed by atoms with Crippen LogP contribution in [0.3, 0.4) is 0 Å². The number of furan rings is 1. The first kappa shape index (κ1) is 20.3. The van der Waals surface area contributed by atoms with Gasteiger partial charge in [-0.15, -0.1) is 10.2 Å². The fourth-order valence-electron chi connectivity index (χ4n) is 2.36. The summed E-state index contributed by atoms with van der Waals surface area (Å²) in [6.07, 6.45) is 0.891. The van der Waals surface area contributed by atoms with Gasteiger partial charge in [-0.1, -0.05) is 48.0 Å². The van der Waals surface area contributed by atoms with Crippen molar-refractivity contribution in [2.24, 2.45) is 0 Å². The lowest BCUT2D eigenvalue weighted by Gasteiger charge is -2.10. The normalized spacial score (nSPS) is 11.0. The van der Waals surface area contributed by atoms with E-state index >= 15 is 0 Å². The van der Waals surface area contributed by atoms with Crippen LogP contribution in [-0.4, -0.2) is 26.4 Å². The van der Waals surface area contributed by atoms with Crippen molar-refractivity contribution in [1.82, 2.24) is 14.8 Å². The number of benzene rings is 1. The Balaban J connectivity index is 1.72. The molecule has 1 amide bonds. The smallest absolute Gasteiger partial charge is 0.234 e. The van der Waals surface area contributed by atoms with Crippen molar-refractivity contribution in [1.29, 1.82) is 0 Å². The average Bonchev–Trinajstić information content (AvgIpc) is 3.23. The van der Waals surface area contributed by atoms with Crippen LogP contribution < -0.4 is 5.32 Å². The Bertz CT molecular complexity index is 940. The van der Waals surface area contributed by atoms with E-state index in [1.807, 2.05) is 10.6 Å². The summed E-state index contributed by atoms with van der Waals surface area (Å²) in [5.41, 5.74) is 0.405. The molecule has 1 aromatic carbocycles. The summed E-state index contributed by atoms with van der Waals surface area (Å²) in [7, 11) is 0. The molecule has 2 heterocycles. The number of para-hydroxylation sites is 1. The van der Waals surface area contributed by atoms with Gasteiger partial charge in [0, 0.05) is 6.54 Å². The zero-order valence-electron chi connectivity index (χ0n) is 14.2. The number of halogens is 3. The number of hydrogen-bond donors (Lipinski definition) is 1. The van der Waals surface area contributed by atoms with Crippen molar-refractivity contribution in [3.63, 3.8) is 0 Å². The summed E-state index contributed by atoms with van der Waals surface area (Å²) in [5, 5.41) is 12.6. The van der Waals surface area contributed by atoms with Crippen LogP contribution in [0, 0.1) is 0 Å². The van der Waals surface area contributed by atoms with Gasteiger partial charge in [-0.25, -0.2) is 0 Å². The van der Waals surface area contributed by atoms with E-state index in [1.54, 1.807) is 24.3 Å². The molecule has 0 aliphatic heterocycles. The Labute approximate surface area is 178 Å². The molecule has 1 N–H and O–H groups in total. The largest absolute Gasteiger partial charge is 0.446 e. The fourth-order valence-corrected chi connectivity index (χ4v) is 3.92. The van der Waals surface area contributed by atoms with Gasteiger partial charge in [0.2, 0.25) is 11.7 Å². The molecule has 0 saturated carbocycles. The fraction of sp³-hybridized carbons (Fsp3) is 0.235. The molecule has 0 spiro atoms. The number of carbonyl (C=O) groups excluding carboxylic acids is 1. The number of aromatic nitrogens is 3. The molecule has 0 bridgehead atoms. The lowest BCUT2D eigenvalue weighted by Crippen LogP contribution is -2.15. The quantitative estimate of drug-likeness (QED) is 0.428.